The lowest BCUT2D eigenvalue weighted by atomic mass is 10.2. The summed E-state index contributed by atoms with van der Waals surface area (Å²) in [6, 6.07) is 8.63. The molecule has 0 fully saturated rings. The van der Waals surface area contributed by atoms with E-state index in [9.17, 15) is 18.0 Å². The van der Waals surface area contributed by atoms with Crippen LogP contribution >= 0.6 is 0 Å². The number of nitrogen functional groups attached to an aromatic ring is 1. The highest BCUT2D eigenvalue weighted by atomic mass is 19.4. The van der Waals surface area contributed by atoms with Crippen LogP contribution in [0.1, 0.15) is 12.1 Å². The van der Waals surface area contributed by atoms with Crippen LogP contribution in [0.2, 0.25) is 0 Å². The van der Waals surface area contributed by atoms with Crippen molar-refractivity contribution in [3.63, 3.8) is 0 Å². The van der Waals surface area contributed by atoms with Gasteiger partial charge < -0.3 is 5.73 Å². The van der Waals surface area contributed by atoms with Gasteiger partial charge in [0.2, 0.25) is 0 Å². The number of hydrogen-bond acceptors (Lipinski definition) is 2. The first-order chi connectivity index (χ1) is 9.31. The molecule has 1 heterocycles. The molecule has 0 bridgehead atoms. The number of benzene rings is 1. The summed E-state index contributed by atoms with van der Waals surface area (Å²) < 4.78 is 39.5. The zero-order valence-corrected chi connectivity index (χ0v) is 10.8. The minimum absolute atomic E-state index is 0.138. The average molecular weight is 285 g/mol. The number of anilines is 1. The predicted molar refractivity (Wildman–Crippen MR) is 69.8 cm³/mol. The van der Waals surface area contributed by atoms with Crippen molar-refractivity contribution >= 4 is 5.69 Å². The van der Waals surface area contributed by atoms with E-state index in [4.69, 9.17) is 5.73 Å². The molecule has 2 aromatic rings. The van der Waals surface area contributed by atoms with Crippen molar-refractivity contribution in [2.24, 2.45) is 7.05 Å². The van der Waals surface area contributed by atoms with Crippen LogP contribution in [0.25, 0.3) is 5.69 Å². The quantitative estimate of drug-likeness (QED) is 0.940. The molecule has 2 N–H and O–H groups in total. The van der Waals surface area contributed by atoms with Gasteiger partial charge in [-0.3, -0.25) is 9.48 Å². The van der Waals surface area contributed by atoms with Crippen LogP contribution < -0.4 is 11.3 Å². The van der Waals surface area contributed by atoms with Gasteiger partial charge in [0.1, 0.15) is 5.69 Å². The number of halogens is 3. The third-order valence-corrected chi connectivity index (χ3v) is 3.07. The number of hydrogen-bond donors (Lipinski definition) is 1. The van der Waals surface area contributed by atoms with E-state index in [1.165, 1.54) is 16.4 Å². The Balaban J connectivity index is 2.45. The summed E-state index contributed by atoms with van der Waals surface area (Å²) in [4.78, 5) is 12.1. The summed E-state index contributed by atoms with van der Waals surface area (Å²) in [6.07, 6.45) is -5.61. The summed E-state index contributed by atoms with van der Waals surface area (Å²) in [5.41, 5.74) is 5.76. The van der Waals surface area contributed by atoms with Crippen LogP contribution in [-0.2, 0) is 13.5 Å². The van der Waals surface area contributed by atoms with Gasteiger partial charge in [0.25, 0.3) is 5.56 Å². The van der Waals surface area contributed by atoms with Gasteiger partial charge in [-0.15, -0.1) is 0 Å². The largest absolute Gasteiger partial charge is 0.393 e. The van der Waals surface area contributed by atoms with Gasteiger partial charge in [-0.05, 0) is 12.1 Å². The normalized spacial score (nSPS) is 11.8. The fourth-order valence-corrected chi connectivity index (χ4v) is 2.09. The monoisotopic (exact) mass is 285 g/mol. The van der Waals surface area contributed by atoms with Crippen molar-refractivity contribution in [3.05, 3.63) is 46.4 Å². The lowest BCUT2D eigenvalue weighted by Gasteiger charge is -2.11. The molecule has 1 aromatic heterocycles. The summed E-state index contributed by atoms with van der Waals surface area (Å²) in [7, 11) is 1.52. The molecule has 20 heavy (non-hydrogen) atoms. The van der Waals surface area contributed by atoms with Crippen molar-refractivity contribution in [1.82, 2.24) is 9.36 Å². The highest BCUT2D eigenvalue weighted by Crippen LogP contribution is 2.23. The third kappa shape index (κ3) is 2.71. The van der Waals surface area contributed by atoms with E-state index in [1.807, 2.05) is 0 Å². The van der Waals surface area contributed by atoms with Gasteiger partial charge in [-0.2, -0.15) is 13.2 Å². The Morgan fingerprint density at radius 2 is 1.80 bits per heavy atom. The summed E-state index contributed by atoms with van der Waals surface area (Å²) >= 11 is 0. The molecule has 0 aliphatic carbocycles. The number of aromatic nitrogens is 2. The molecular weight excluding hydrogens is 271 g/mol. The van der Waals surface area contributed by atoms with E-state index in [-0.39, 0.29) is 17.8 Å². The molecule has 0 aliphatic rings. The van der Waals surface area contributed by atoms with E-state index in [0.717, 1.165) is 0 Å². The molecule has 0 unspecified atom stereocenters. The zero-order chi connectivity index (χ0) is 14.9. The molecule has 0 spiro atoms. The SMILES string of the molecule is Cn1c(CCC(F)(F)F)c(N)c(=O)n1-c1ccccc1. The summed E-state index contributed by atoms with van der Waals surface area (Å²) in [6.45, 7) is 0. The van der Waals surface area contributed by atoms with Crippen molar-refractivity contribution in [2.75, 3.05) is 5.73 Å². The van der Waals surface area contributed by atoms with Gasteiger partial charge in [0, 0.05) is 19.9 Å². The number of nitrogens with two attached hydrogens (primary N) is 1. The topological polar surface area (TPSA) is 52.9 Å². The van der Waals surface area contributed by atoms with E-state index in [0.29, 0.717) is 5.69 Å². The predicted octanol–water partition coefficient (Wildman–Crippen LogP) is 2.25. The second kappa shape index (κ2) is 5.07. The molecule has 0 atom stereocenters. The van der Waals surface area contributed by atoms with Crippen LogP contribution in [0.3, 0.4) is 0 Å². The van der Waals surface area contributed by atoms with E-state index in [1.54, 1.807) is 30.3 Å². The molecule has 2 rings (SSSR count). The zero-order valence-electron chi connectivity index (χ0n) is 10.8. The fourth-order valence-electron chi connectivity index (χ4n) is 2.09. The van der Waals surface area contributed by atoms with Crippen LogP contribution in [0.4, 0.5) is 18.9 Å². The number of alkyl halides is 3. The van der Waals surface area contributed by atoms with Crippen molar-refractivity contribution < 1.29 is 13.2 Å². The van der Waals surface area contributed by atoms with Crippen LogP contribution in [-0.4, -0.2) is 15.5 Å². The van der Waals surface area contributed by atoms with Gasteiger partial charge in [-0.1, -0.05) is 18.2 Å². The van der Waals surface area contributed by atoms with Crippen LogP contribution in [0, 0.1) is 0 Å². The molecule has 0 saturated carbocycles. The van der Waals surface area contributed by atoms with E-state index >= 15 is 0 Å². The van der Waals surface area contributed by atoms with Crippen molar-refractivity contribution in [1.29, 1.82) is 0 Å². The first-order valence-corrected chi connectivity index (χ1v) is 6.00. The minimum Gasteiger partial charge on any atom is -0.393 e. The van der Waals surface area contributed by atoms with Crippen molar-refractivity contribution in [3.8, 4) is 5.69 Å². The maximum absolute atomic E-state index is 12.3. The molecule has 1 aromatic carbocycles. The smallest absolute Gasteiger partial charge is 0.389 e. The summed E-state index contributed by atoms with van der Waals surface area (Å²) in [5, 5.41) is 0. The Kier molecular flexibility index (Phi) is 3.61. The second-order valence-electron chi connectivity index (χ2n) is 4.45. The standard InChI is InChI=1S/C13H14F3N3O/c1-18-10(7-8-13(14,15)16)11(17)12(20)19(18)9-5-3-2-4-6-9/h2-6H,7-8,17H2,1H3. The Labute approximate surface area is 113 Å². The molecule has 108 valence electrons. The highest BCUT2D eigenvalue weighted by Gasteiger charge is 2.28. The average Bonchev–Trinajstić information content (AvgIpc) is 2.59. The van der Waals surface area contributed by atoms with Gasteiger partial charge >= 0.3 is 6.18 Å². The molecule has 4 nitrogen and oxygen atoms in total. The molecule has 0 amide bonds. The third-order valence-electron chi connectivity index (χ3n) is 3.07. The van der Waals surface area contributed by atoms with Gasteiger partial charge in [0.15, 0.2) is 0 Å². The van der Waals surface area contributed by atoms with Crippen LogP contribution in [0.5, 0.6) is 0 Å². The number of nitrogens with zero attached hydrogens (tertiary/aromatic N) is 2. The number of rotatable bonds is 3. The minimum atomic E-state index is -4.28. The lowest BCUT2D eigenvalue weighted by Crippen LogP contribution is -2.20. The van der Waals surface area contributed by atoms with Crippen LogP contribution in [0.15, 0.2) is 35.1 Å². The van der Waals surface area contributed by atoms with E-state index < -0.39 is 18.2 Å². The molecule has 7 heteroatoms. The Hall–Kier alpha value is -2.18. The maximum atomic E-state index is 12.3. The Morgan fingerprint density at radius 3 is 2.35 bits per heavy atom. The van der Waals surface area contributed by atoms with Crippen molar-refractivity contribution in [2.45, 2.75) is 19.0 Å². The maximum Gasteiger partial charge on any atom is 0.389 e. The van der Waals surface area contributed by atoms with E-state index in [2.05, 4.69) is 0 Å². The molecule has 0 radical (unpaired) electrons. The van der Waals surface area contributed by atoms with Gasteiger partial charge in [0.05, 0.1) is 11.4 Å². The number of para-hydroxylation sites is 1. The fraction of sp³-hybridized carbons (Fsp3) is 0.308. The lowest BCUT2D eigenvalue weighted by molar-refractivity contribution is -0.134. The first-order valence-electron chi connectivity index (χ1n) is 6.00. The highest BCUT2D eigenvalue weighted by molar-refractivity contribution is 5.45. The summed E-state index contributed by atoms with van der Waals surface area (Å²) in [5.74, 6) is 0. The Morgan fingerprint density at radius 1 is 1.20 bits per heavy atom. The Bertz CT molecular complexity index is 656. The second-order valence-corrected chi connectivity index (χ2v) is 4.45. The van der Waals surface area contributed by atoms with Gasteiger partial charge in [-0.25, -0.2) is 4.68 Å². The molecular formula is C13H14F3N3O. The first kappa shape index (κ1) is 14.2. The molecule has 0 saturated heterocycles. The molecule has 0 aliphatic heterocycles.